The maximum atomic E-state index is 11.6. The molecule has 1 saturated carbocycles. The highest BCUT2D eigenvalue weighted by Crippen LogP contribution is 2.25. The lowest BCUT2D eigenvalue weighted by Crippen LogP contribution is -2.32. The second kappa shape index (κ2) is 6.00. The van der Waals surface area contributed by atoms with Crippen LogP contribution in [0.5, 0.6) is 0 Å². The normalized spacial score (nSPS) is 17.1. The minimum absolute atomic E-state index is 0.0240. The van der Waals surface area contributed by atoms with Crippen LogP contribution in [0, 0.1) is 5.41 Å². The van der Waals surface area contributed by atoms with E-state index < -0.39 is 11.4 Å². The van der Waals surface area contributed by atoms with Crippen molar-refractivity contribution in [3.05, 3.63) is 0 Å². The highest BCUT2D eigenvalue weighted by Gasteiger charge is 2.26. The molecule has 0 aromatic carbocycles. The van der Waals surface area contributed by atoms with Crippen LogP contribution in [0.15, 0.2) is 0 Å². The van der Waals surface area contributed by atoms with E-state index in [2.05, 4.69) is 5.48 Å². The van der Waals surface area contributed by atoms with Crippen molar-refractivity contribution in [1.29, 1.82) is 0 Å². The lowest BCUT2D eigenvalue weighted by Gasteiger charge is -2.21. The Bertz CT molecular complexity index is 282. The van der Waals surface area contributed by atoms with E-state index in [1.165, 1.54) is 0 Å². The minimum Gasteiger partial charge on any atom is -0.481 e. The highest BCUT2D eigenvalue weighted by atomic mass is 16.7. The van der Waals surface area contributed by atoms with Gasteiger partial charge in [0.25, 0.3) is 0 Å². The molecule has 0 atom stereocenters. The van der Waals surface area contributed by atoms with Crippen LogP contribution in [0.25, 0.3) is 0 Å². The fraction of sp³-hybridized carbons (Fsp3) is 0.833. The number of carbonyl (C=O) groups excluding carboxylic acids is 1. The van der Waals surface area contributed by atoms with Crippen molar-refractivity contribution in [2.75, 3.05) is 0 Å². The van der Waals surface area contributed by atoms with E-state index in [4.69, 9.17) is 9.94 Å². The van der Waals surface area contributed by atoms with Crippen LogP contribution in [0.2, 0.25) is 0 Å². The molecule has 0 aliphatic heterocycles. The molecule has 0 radical (unpaired) electrons. The second-order valence-corrected chi connectivity index (χ2v) is 5.46. The van der Waals surface area contributed by atoms with Gasteiger partial charge in [0.2, 0.25) is 5.91 Å². The molecule has 5 nitrogen and oxygen atoms in total. The molecular formula is C12H21NO4. The minimum atomic E-state index is -0.889. The summed E-state index contributed by atoms with van der Waals surface area (Å²) in [5, 5.41) is 8.70. The van der Waals surface area contributed by atoms with Gasteiger partial charge in [0, 0.05) is 6.42 Å². The van der Waals surface area contributed by atoms with Crippen LogP contribution in [-0.2, 0) is 14.4 Å². The molecule has 0 heterocycles. The van der Waals surface area contributed by atoms with Gasteiger partial charge in [-0.05, 0) is 18.3 Å². The van der Waals surface area contributed by atoms with E-state index >= 15 is 0 Å². The Morgan fingerprint density at radius 3 is 2.41 bits per heavy atom. The first-order valence-corrected chi connectivity index (χ1v) is 6.05. The smallest absolute Gasteiger partial charge is 0.303 e. The molecule has 1 amide bonds. The fourth-order valence-corrected chi connectivity index (χ4v) is 2.10. The number of carbonyl (C=O) groups is 2. The van der Waals surface area contributed by atoms with Crippen molar-refractivity contribution in [2.45, 2.75) is 58.5 Å². The molecule has 0 aromatic heterocycles. The van der Waals surface area contributed by atoms with Crippen LogP contribution in [0.3, 0.4) is 0 Å². The zero-order valence-corrected chi connectivity index (χ0v) is 10.5. The summed E-state index contributed by atoms with van der Waals surface area (Å²) in [6.07, 6.45) is 4.52. The topological polar surface area (TPSA) is 75.6 Å². The van der Waals surface area contributed by atoms with Gasteiger partial charge in [-0.25, -0.2) is 5.48 Å². The van der Waals surface area contributed by atoms with Crippen LogP contribution in [0.4, 0.5) is 0 Å². The Morgan fingerprint density at radius 1 is 1.29 bits per heavy atom. The molecule has 0 unspecified atom stereocenters. The van der Waals surface area contributed by atoms with Crippen molar-refractivity contribution in [3.63, 3.8) is 0 Å². The first-order chi connectivity index (χ1) is 7.89. The van der Waals surface area contributed by atoms with Crippen molar-refractivity contribution >= 4 is 11.9 Å². The molecule has 0 bridgehead atoms. The number of amides is 1. The van der Waals surface area contributed by atoms with E-state index in [9.17, 15) is 9.59 Å². The number of hydrogen-bond acceptors (Lipinski definition) is 3. The summed E-state index contributed by atoms with van der Waals surface area (Å²) in [4.78, 5) is 27.4. The summed E-state index contributed by atoms with van der Waals surface area (Å²) < 4.78 is 0. The van der Waals surface area contributed by atoms with Crippen LogP contribution < -0.4 is 5.48 Å². The van der Waals surface area contributed by atoms with Gasteiger partial charge in [0.05, 0.1) is 12.5 Å². The molecule has 5 heteroatoms. The molecule has 1 rings (SSSR count). The molecule has 0 saturated heterocycles. The summed E-state index contributed by atoms with van der Waals surface area (Å²) in [5.41, 5.74) is 1.88. The number of nitrogens with one attached hydrogen (secondary N) is 1. The number of aliphatic carboxylic acids is 1. The van der Waals surface area contributed by atoms with Crippen molar-refractivity contribution in [2.24, 2.45) is 5.41 Å². The zero-order valence-electron chi connectivity index (χ0n) is 10.5. The Morgan fingerprint density at radius 2 is 1.88 bits per heavy atom. The number of rotatable bonds is 6. The summed E-state index contributed by atoms with van der Waals surface area (Å²) >= 11 is 0. The molecule has 0 spiro atoms. The Balaban J connectivity index is 2.25. The maximum Gasteiger partial charge on any atom is 0.303 e. The SMILES string of the molecule is CC(C)(CC(=O)O)CC(=O)NOC1CCCC1. The molecule has 2 N–H and O–H groups in total. The lowest BCUT2D eigenvalue weighted by atomic mass is 9.85. The number of hydrogen-bond donors (Lipinski definition) is 2. The van der Waals surface area contributed by atoms with Gasteiger partial charge >= 0.3 is 5.97 Å². The molecule has 98 valence electrons. The third kappa shape index (κ3) is 5.68. The lowest BCUT2D eigenvalue weighted by molar-refractivity contribution is -0.143. The largest absolute Gasteiger partial charge is 0.481 e. The molecule has 17 heavy (non-hydrogen) atoms. The summed E-state index contributed by atoms with van der Waals surface area (Å²) in [5.74, 6) is -1.14. The van der Waals surface area contributed by atoms with Gasteiger partial charge in [0.1, 0.15) is 0 Å². The number of hydroxylamine groups is 1. The standard InChI is InChI=1S/C12H21NO4/c1-12(2,8-11(15)16)7-10(14)13-17-9-5-3-4-6-9/h9H,3-8H2,1-2H3,(H,13,14)(H,15,16). The number of carboxylic acids is 1. The van der Waals surface area contributed by atoms with E-state index in [0.29, 0.717) is 0 Å². The van der Waals surface area contributed by atoms with Gasteiger partial charge in [0.15, 0.2) is 0 Å². The first kappa shape index (κ1) is 14.0. The van der Waals surface area contributed by atoms with Gasteiger partial charge in [-0.2, -0.15) is 0 Å². The van der Waals surface area contributed by atoms with Gasteiger partial charge in [-0.3, -0.25) is 14.4 Å². The third-order valence-corrected chi connectivity index (χ3v) is 2.91. The number of carboxylic acid groups (broad SMARTS) is 1. The maximum absolute atomic E-state index is 11.6. The molecule has 1 fully saturated rings. The molecular weight excluding hydrogens is 222 g/mol. The van der Waals surface area contributed by atoms with Crippen molar-refractivity contribution in [3.8, 4) is 0 Å². The Labute approximate surface area is 101 Å². The molecule has 1 aliphatic carbocycles. The Hall–Kier alpha value is -1.10. The monoisotopic (exact) mass is 243 g/mol. The van der Waals surface area contributed by atoms with Gasteiger partial charge < -0.3 is 5.11 Å². The Kier molecular flexibility index (Phi) is 4.93. The average molecular weight is 243 g/mol. The predicted octanol–water partition coefficient (Wildman–Crippen LogP) is 1.87. The average Bonchev–Trinajstić information content (AvgIpc) is 2.63. The predicted molar refractivity (Wildman–Crippen MR) is 62.1 cm³/mol. The third-order valence-electron chi connectivity index (χ3n) is 2.91. The first-order valence-electron chi connectivity index (χ1n) is 6.05. The van der Waals surface area contributed by atoms with Crippen molar-refractivity contribution in [1.82, 2.24) is 5.48 Å². The van der Waals surface area contributed by atoms with E-state index in [0.717, 1.165) is 25.7 Å². The molecule has 1 aliphatic rings. The quantitative estimate of drug-likeness (QED) is 0.698. The molecule has 0 aromatic rings. The van der Waals surface area contributed by atoms with Gasteiger partial charge in [-0.15, -0.1) is 0 Å². The van der Waals surface area contributed by atoms with E-state index in [1.807, 2.05) is 0 Å². The van der Waals surface area contributed by atoms with Crippen LogP contribution in [-0.4, -0.2) is 23.1 Å². The van der Waals surface area contributed by atoms with E-state index in [1.54, 1.807) is 13.8 Å². The van der Waals surface area contributed by atoms with Crippen molar-refractivity contribution < 1.29 is 19.5 Å². The van der Waals surface area contributed by atoms with Crippen LogP contribution >= 0.6 is 0 Å². The summed E-state index contributed by atoms with van der Waals surface area (Å²) in [7, 11) is 0. The fourth-order valence-electron chi connectivity index (χ4n) is 2.10. The van der Waals surface area contributed by atoms with E-state index in [-0.39, 0.29) is 24.9 Å². The zero-order chi connectivity index (χ0) is 12.9. The highest BCUT2D eigenvalue weighted by molar-refractivity contribution is 5.76. The second-order valence-electron chi connectivity index (χ2n) is 5.46. The van der Waals surface area contributed by atoms with Crippen LogP contribution in [0.1, 0.15) is 52.4 Å². The summed E-state index contributed by atoms with van der Waals surface area (Å²) in [6.45, 7) is 3.52. The van der Waals surface area contributed by atoms with Gasteiger partial charge in [-0.1, -0.05) is 26.7 Å². The summed E-state index contributed by atoms with van der Waals surface area (Å²) in [6, 6.07) is 0.